The van der Waals surface area contributed by atoms with Crippen molar-refractivity contribution >= 4 is 11.6 Å². The zero-order valence-corrected chi connectivity index (χ0v) is 11.4. The van der Waals surface area contributed by atoms with E-state index >= 15 is 0 Å². The lowest BCUT2D eigenvalue weighted by molar-refractivity contribution is 0.229. The predicted octanol–water partition coefficient (Wildman–Crippen LogP) is 3.89. The highest BCUT2D eigenvalue weighted by Gasteiger charge is 2.10. The van der Waals surface area contributed by atoms with E-state index in [0.717, 1.165) is 17.7 Å². The van der Waals surface area contributed by atoms with Crippen LogP contribution in [0.1, 0.15) is 17.9 Å². The Morgan fingerprint density at radius 1 is 1.00 bits per heavy atom. The molecule has 0 aromatic heterocycles. The number of hydrogen-bond donors (Lipinski definition) is 1. The molecule has 0 radical (unpaired) electrons. The van der Waals surface area contributed by atoms with Crippen LogP contribution in [0.5, 0.6) is 5.75 Å². The van der Waals surface area contributed by atoms with Gasteiger partial charge in [0.05, 0.1) is 13.2 Å². The maximum atomic E-state index is 9.46. The molecule has 1 atom stereocenters. The van der Waals surface area contributed by atoms with Gasteiger partial charge in [0.15, 0.2) is 0 Å². The van der Waals surface area contributed by atoms with Gasteiger partial charge in [-0.1, -0.05) is 41.9 Å². The Labute approximate surface area is 118 Å². The van der Waals surface area contributed by atoms with E-state index in [1.807, 2.05) is 54.6 Å². The average Bonchev–Trinajstić information content (AvgIpc) is 2.46. The van der Waals surface area contributed by atoms with Crippen LogP contribution in [-0.4, -0.2) is 18.3 Å². The minimum absolute atomic E-state index is 0.0842. The molecule has 0 fully saturated rings. The third kappa shape index (κ3) is 4.27. The van der Waals surface area contributed by atoms with Gasteiger partial charge in [0.1, 0.15) is 5.75 Å². The Bertz CT molecular complexity index is 482. The largest absolute Gasteiger partial charge is 0.494 e. The summed E-state index contributed by atoms with van der Waals surface area (Å²) in [7, 11) is 0. The minimum Gasteiger partial charge on any atom is -0.494 e. The fourth-order valence-corrected chi connectivity index (χ4v) is 2.06. The van der Waals surface area contributed by atoms with E-state index in [9.17, 15) is 5.11 Å². The molecule has 2 aromatic rings. The Hall–Kier alpha value is -1.51. The Balaban J connectivity index is 1.87. The smallest absolute Gasteiger partial charge is 0.119 e. The Morgan fingerprint density at radius 2 is 1.68 bits per heavy atom. The van der Waals surface area contributed by atoms with Gasteiger partial charge in [-0.3, -0.25) is 0 Å². The van der Waals surface area contributed by atoms with Gasteiger partial charge in [-0.2, -0.15) is 0 Å². The molecule has 100 valence electrons. The summed E-state index contributed by atoms with van der Waals surface area (Å²) in [6.07, 6.45) is 0.771. The first-order valence-electron chi connectivity index (χ1n) is 6.34. The second-order valence-corrected chi connectivity index (χ2v) is 4.82. The summed E-state index contributed by atoms with van der Waals surface area (Å²) in [5.41, 5.74) is 1.09. The first-order valence-corrected chi connectivity index (χ1v) is 6.71. The fourth-order valence-electron chi connectivity index (χ4n) is 1.93. The lowest BCUT2D eigenvalue weighted by Crippen LogP contribution is -2.09. The van der Waals surface area contributed by atoms with Crippen LogP contribution in [0.4, 0.5) is 0 Å². The number of hydrogen-bond acceptors (Lipinski definition) is 2. The number of rotatable bonds is 6. The molecule has 1 N–H and O–H groups in total. The SMILES string of the molecule is OCC(CCOc1ccccc1)c1ccc(Cl)cc1. The number of aliphatic hydroxyl groups excluding tert-OH is 1. The van der Waals surface area contributed by atoms with Crippen LogP contribution in [0.3, 0.4) is 0 Å². The van der Waals surface area contributed by atoms with Crippen molar-refractivity contribution < 1.29 is 9.84 Å². The summed E-state index contributed by atoms with van der Waals surface area (Å²) in [6, 6.07) is 17.3. The molecule has 0 aliphatic carbocycles. The summed E-state index contributed by atoms with van der Waals surface area (Å²) in [6.45, 7) is 0.692. The van der Waals surface area contributed by atoms with Gasteiger partial charge in [-0.05, 0) is 36.2 Å². The molecule has 0 aliphatic heterocycles. The van der Waals surface area contributed by atoms with Gasteiger partial charge in [0.25, 0.3) is 0 Å². The van der Waals surface area contributed by atoms with Gasteiger partial charge in [-0.15, -0.1) is 0 Å². The van der Waals surface area contributed by atoms with E-state index in [-0.39, 0.29) is 12.5 Å². The van der Waals surface area contributed by atoms with Crippen molar-refractivity contribution in [2.45, 2.75) is 12.3 Å². The molecule has 0 saturated heterocycles. The zero-order valence-electron chi connectivity index (χ0n) is 10.6. The summed E-state index contributed by atoms with van der Waals surface area (Å²) in [4.78, 5) is 0. The van der Waals surface area contributed by atoms with Crippen LogP contribution in [0.15, 0.2) is 54.6 Å². The van der Waals surface area contributed by atoms with Crippen LogP contribution in [-0.2, 0) is 0 Å². The number of para-hydroxylation sites is 1. The molecule has 0 heterocycles. The van der Waals surface area contributed by atoms with E-state index in [0.29, 0.717) is 11.6 Å². The molecule has 2 rings (SSSR count). The lowest BCUT2D eigenvalue weighted by Gasteiger charge is -2.15. The lowest BCUT2D eigenvalue weighted by atomic mass is 9.97. The van der Waals surface area contributed by atoms with Gasteiger partial charge in [0, 0.05) is 10.9 Å². The third-order valence-electron chi connectivity index (χ3n) is 3.04. The summed E-state index contributed by atoms with van der Waals surface area (Å²) < 4.78 is 5.65. The maximum absolute atomic E-state index is 9.46. The zero-order chi connectivity index (χ0) is 13.5. The van der Waals surface area contributed by atoms with Gasteiger partial charge in [0.2, 0.25) is 0 Å². The van der Waals surface area contributed by atoms with Crippen LogP contribution >= 0.6 is 11.6 Å². The van der Waals surface area contributed by atoms with Crippen LogP contribution in [0.25, 0.3) is 0 Å². The molecule has 0 aliphatic rings. The van der Waals surface area contributed by atoms with Crippen LogP contribution < -0.4 is 4.74 Å². The van der Waals surface area contributed by atoms with Gasteiger partial charge >= 0.3 is 0 Å². The molecule has 0 spiro atoms. The highest BCUT2D eigenvalue weighted by Crippen LogP contribution is 2.21. The molecule has 0 amide bonds. The van der Waals surface area contributed by atoms with E-state index in [1.165, 1.54) is 0 Å². The van der Waals surface area contributed by atoms with Crippen LogP contribution in [0, 0.1) is 0 Å². The Morgan fingerprint density at radius 3 is 2.32 bits per heavy atom. The van der Waals surface area contributed by atoms with E-state index in [4.69, 9.17) is 16.3 Å². The number of ether oxygens (including phenoxy) is 1. The average molecular weight is 277 g/mol. The molecule has 0 bridgehead atoms. The monoisotopic (exact) mass is 276 g/mol. The standard InChI is InChI=1S/C16H17ClO2/c17-15-8-6-13(7-9-15)14(12-18)10-11-19-16-4-2-1-3-5-16/h1-9,14,18H,10-12H2. The van der Waals surface area contributed by atoms with Crippen molar-refractivity contribution in [3.05, 3.63) is 65.2 Å². The second-order valence-electron chi connectivity index (χ2n) is 4.38. The second kappa shape index (κ2) is 7.17. The molecular formula is C16H17ClO2. The Kier molecular flexibility index (Phi) is 5.25. The summed E-state index contributed by atoms with van der Waals surface area (Å²) in [5.74, 6) is 0.941. The van der Waals surface area contributed by atoms with Crippen molar-refractivity contribution in [3.8, 4) is 5.75 Å². The highest BCUT2D eigenvalue weighted by molar-refractivity contribution is 6.30. The number of halogens is 1. The number of aliphatic hydroxyl groups is 1. The van der Waals surface area contributed by atoms with E-state index in [2.05, 4.69) is 0 Å². The highest BCUT2D eigenvalue weighted by atomic mass is 35.5. The van der Waals surface area contributed by atoms with Crippen molar-refractivity contribution in [3.63, 3.8) is 0 Å². The van der Waals surface area contributed by atoms with Crippen molar-refractivity contribution in [2.24, 2.45) is 0 Å². The fraction of sp³-hybridized carbons (Fsp3) is 0.250. The van der Waals surface area contributed by atoms with Crippen molar-refractivity contribution in [1.82, 2.24) is 0 Å². The number of benzene rings is 2. The normalized spacial score (nSPS) is 12.1. The van der Waals surface area contributed by atoms with E-state index in [1.54, 1.807) is 0 Å². The molecule has 3 heteroatoms. The summed E-state index contributed by atoms with van der Waals surface area (Å²) in [5, 5.41) is 10.2. The van der Waals surface area contributed by atoms with Crippen molar-refractivity contribution in [2.75, 3.05) is 13.2 Å². The first-order chi connectivity index (χ1) is 9.29. The van der Waals surface area contributed by atoms with E-state index < -0.39 is 0 Å². The third-order valence-corrected chi connectivity index (χ3v) is 3.29. The van der Waals surface area contributed by atoms with Gasteiger partial charge < -0.3 is 9.84 Å². The maximum Gasteiger partial charge on any atom is 0.119 e. The van der Waals surface area contributed by atoms with Gasteiger partial charge in [-0.25, -0.2) is 0 Å². The topological polar surface area (TPSA) is 29.5 Å². The molecule has 1 unspecified atom stereocenters. The molecule has 2 aromatic carbocycles. The first kappa shape index (κ1) is 13.9. The quantitative estimate of drug-likeness (QED) is 0.867. The molecular weight excluding hydrogens is 260 g/mol. The molecule has 19 heavy (non-hydrogen) atoms. The predicted molar refractivity (Wildman–Crippen MR) is 77.8 cm³/mol. The molecule has 2 nitrogen and oxygen atoms in total. The molecule has 0 saturated carbocycles. The summed E-state index contributed by atoms with van der Waals surface area (Å²) >= 11 is 5.86. The minimum atomic E-state index is 0.0842. The van der Waals surface area contributed by atoms with Crippen molar-refractivity contribution in [1.29, 1.82) is 0 Å². The van der Waals surface area contributed by atoms with Crippen LogP contribution in [0.2, 0.25) is 5.02 Å².